The number of halogens is 2. The van der Waals surface area contributed by atoms with E-state index in [0.717, 1.165) is 12.1 Å². The molecule has 16 heavy (non-hydrogen) atoms. The van der Waals surface area contributed by atoms with Crippen molar-refractivity contribution in [3.05, 3.63) is 34.6 Å². The summed E-state index contributed by atoms with van der Waals surface area (Å²) in [6, 6.07) is 4.81. The summed E-state index contributed by atoms with van der Waals surface area (Å²) < 4.78 is 13.2. The fourth-order valence-corrected chi connectivity index (χ4v) is 1.63. The van der Waals surface area contributed by atoms with Crippen molar-refractivity contribution in [3.8, 4) is 0 Å². The molecule has 90 valence electrons. The molecule has 0 aromatic heterocycles. The van der Waals surface area contributed by atoms with Gasteiger partial charge in [0, 0.05) is 13.1 Å². The summed E-state index contributed by atoms with van der Waals surface area (Å²) in [6.07, 6.45) is 0.383. The first kappa shape index (κ1) is 13.4. The van der Waals surface area contributed by atoms with E-state index in [9.17, 15) is 4.39 Å². The number of rotatable bonds is 5. The van der Waals surface area contributed by atoms with Crippen molar-refractivity contribution in [2.24, 2.45) is 0 Å². The highest BCUT2D eigenvalue weighted by Gasteiger charge is 2.08. The van der Waals surface area contributed by atoms with E-state index in [-0.39, 0.29) is 16.9 Å². The molecule has 1 aromatic rings. The maximum atomic E-state index is 13.2. The van der Waals surface area contributed by atoms with Crippen LogP contribution in [0.4, 0.5) is 4.39 Å². The van der Waals surface area contributed by atoms with E-state index in [4.69, 9.17) is 16.7 Å². The molecule has 0 saturated carbocycles. The van der Waals surface area contributed by atoms with Gasteiger partial charge < -0.3 is 10.0 Å². The maximum absolute atomic E-state index is 13.2. The third-order valence-corrected chi connectivity index (χ3v) is 2.82. The predicted octanol–water partition coefficient (Wildman–Crippen LogP) is 2.68. The van der Waals surface area contributed by atoms with Crippen molar-refractivity contribution in [2.45, 2.75) is 26.0 Å². The van der Waals surface area contributed by atoms with Crippen LogP contribution in [0.5, 0.6) is 0 Å². The van der Waals surface area contributed by atoms with Gasteiger partial charge >= 0.3 is 0 Å². The normalized spacial score (nSPS) is 13.1. The van der Waals surface area contributed by atoms with Crippen molar-refractivity contribution < 1.29 is 9.50 Å². The van der Waals surface area contributed by atoms with Gasteiger partial charge in [0.25, 0.3) is 0 Å². The Kier molecular flexibility index (Phi) is 5.19. The van der Waals surface area contributed by atoms with Gasteiger partial charge in [0.05, 0.1) is 11.1 Å². The summed E-state index contributed by atoms with van der Waals surface area (Å²) in [5.41, 5.74) is 0.773. The lowest BCUT2D eigenvalue weighted by molar-refractivity contribution is 0.163. The van der Waals surface area contributed by atoms with Gasteiger partial charge in [0.15, 0.2) is 0 Å². The molecule has 1 rings (SSSR count). The molecule has 1 atom stereocenters. The van der Waals surface area contributed by atoms with Crippen LogP contribution in [-0.4, -0.2) is 29.7 Å². The summed E-state index contributed by atoms with van der Waals surface area (Å²) in [5.74, 6) is -0.386. The molecular weight excluding hydrogens is 229 g/mol. The highest BCUT2D eigenvalue weighted by molar-refractivity contribution is 6.31. The van der Waals surface area contributed by atoms with E-state index < -0.39 is 0 Å². The molecule has 1 unspecified atom stereocenters. The predicted molar refractivity (Wildman–Crippen MR) is 64.0 cm³/mol. The largest absolute Gasteiger partial charge is 0.393 e. The van der Waals surface area contributed by atoms with Gasteiger partial charge in [-0.25, -0.2) is 4.39 Å². The van der Waals surface area contributed by atoms with Crippen molar-refractivity contribution in [1.82, 2.24) is 4.90 Å². The quantitative estimate of drug-likeness (QED) is 0.862. The number of hydrogen-bond acceptors (Lipinski definition) is 2. The second kappa shape index (κ2) is 6.18. The molecule has 0 bridgehead atoms. The molecule has 0 amide bonds. The summed E-state index contributed by atoms with van der Waals surface area (Å²) >= 11 is 5.85. The number of aliphatic hydroxyl groups excluding tert-OH is 1. The van der Waals surface area contributed by atoms with Crippen LogP contribution in [0.1, 0.15) is 18.9 Å². The molecule has 0 heterocycles. The summed E-state index contributed by atoms with van der Waals surface area (Å²) in [6.45, 7) is 3.09. The van der Waals surface area contributed by atoms with Gasteiger partial charge in [-0.3, -0.25) is 0 Å². The Bertz CT molecular complexity index is 344. The average molecular weight is 246 g/mol. The highest BCUT2D eigenvalue weighted by atomic mass is 35.5. The minimum Gasteiger partial charge on any atom is -0.393 e. The van der Waals surface area contributed by atoms with Crippen LogP contribution in [0.2, 0.25) is 5.02 Å². The van der Waals surface area contributed by atoms with E-state index in [1.807, 2.05) is 18.0 Å². The number of benzene rings is 1. The van der Waals surface area contributed by atoms with Gasteiger partial charge in [-0.05, 0) is 32.0 Å². The van der Waals surface area contributed by atoms with E-state index in [0.29, 0.717) is 13.0 Å². The lowest BCUT2D eigenvalue weighted by Crippen LogP contribution is -2.22. The molecule has 1 N–H and O–H groups in total. The Morgan fingerprint density at radius 3 is 2.81 bits per heavy atom. The first-order valence-electron chi connectivity index (χ1n) is 5.30. The SMILES string of the molecule is CC(O)CCN(C)Cc1cccc(F)c1Cl. The van der Waals surface area contributed by atoms with Crippen LogP contribution in [0.15, 0.2) is 18.2 Å². The minimum atomic E-state index is -0.386. The second-order valence-electron chi connectivity index (χ2n) is 4.09. The average Bonchev–Trinajstić information content (AvgIpc) is 2.22. The molecule has 2 nitrogen and oxygen atoms in total. The zero-order valence-electron chi connectivity index (χ0n) is 9.58. The van der Waals surface area contributed by atoms with E-state index in [1.165, 1.54) is 6.07 Å². The zero-order valence-corrected chi connectivity index (χ0v) is 10.3. The van der Waals surface area contributed by atoms with Crippen LogP contribution >= 0.6 is 11.6 Å². The van der Waals surface area contributed by atoms with Gasteiger partial charge in [0.1, 0.15) is 5.82 Å². The van der Waals surface area contributed by atoms with Gasteiger partial charge in [-0.1, -0.05) is 23.7 Å². The Morgan fingerprint density at radius 1 is 1.50 bits per heavy atom. The summed E-state index contributed by atoms with van der Waals surface area (Å²) in [5, 5.41) is 9.34. The number of aliphatic hydroxyl groups is 1. The molecule has 0 aliphatic carbocycles. The Hall–Kier alpha value is -0.640. The molecular formula is C12H17ClFNO. The lowest BCUT2D eigenvalue weighted by atomic mass is 10.2. The number of hydrogen-bond donors (Lipinski definition) is 1. The van der Waals surface area contributed by atoms with Crippen molar-refractivity contribution in [2.75, 3.05) is 13.6 Å². The van der Waals surface area contributed by atoms with Crippen LogP contribution < -0.4 is 0 Å². The van der Waals surface area contributed by atoms with Gasteiger partial charge in [0.2, 0.25) is 0 Å². The van der Waals surface area contributed by atoms with Gasteiger partial charge in [-0.15, -0.1) is 0 Å². The Morgan fingerprint density at radius 2 is 2.19 bits per heavy atom. The topological polar surface area (TPSA) is 23.5 Å². The van der Waals surface area contributed by atoms with Crippen LogP contribution in [0.25, 0.3) is 0 Å². The number of nitrogens with zero attached hydrogens (tertiary/aromatic N) is 1. The lowest BCUT2D eigenvalue weighted by Gasteiger charge is -2.18. The van der Waals surface area contributed by atoms with E-state index >= 15 is 0 Å². The monoisotopic (exact) mass is 245 g/mol. The van der Waals surface area contributed by atoms with E-state index in [2.05, 4.69) is 0 Å². The summed E-state index contributed by atoms with van der Waals surface area (Å²) in [7, 11) is 1.92. The molecule has 0 aliphatic rings. The fraction of sp³-hybridized carbons (Fsp3) is 0.500. The Balaban J connectivity index is 2.56. The molecule has 4 heteroatoms. The third-order valence-electron chi connectivity index (χ3n) is 2.40. The fourth-order valence-electron chi connectivity index (χ4n) is 1.45. The zero-order chi connectivity index (χ0) is 12.1. The third kappa shape index (κ3) is 4.08. The first-order chi connectivity index (χ1) is 7.50. The van der Waals surface area contributed by atoms with Crippen LogP contribution in [0, 0.1) is 5.82 Å². The summed E-state index contributed by atoms with van der Waals surface area (Å²) in [4.78, 5) is 2.01. The molecule has 1 aromatic carbocycles. The first-order valence-corrected chi connectivity index (χ1v) is 5.68. The Labute approximate surface area is 101 Å². The minimum absolute atomic E-state index is 0.186. The van der Waals surface area contributed by atoms with Crippen molar-refractivity contribution in [3.63, 3.8) is 0 Å². The van der Waals surface area contributed by atoms with Crippen molar-refractivity contribution >= 4 is 11.6 Å². The van der Waals surface area contributed by atoms with E-state index in [1.54, 1.807) is 13.0 Å². The molecule has 0 saturated heterocycles. The van der Waals surface area contributed by atoms with Crippen molar-refractivity contribution in [1.29, 1.82) is 0 Å². The standard InChI is InChI=1S/C12H17ClFNO/c1-9(16)6-7-15(2)8-10-4-3-5-11(14)12(10)13/h3-5,9,16H,6-8H2,1-2H3. The second-order valence-corrected chi connectivity index (χ2v) is 4.47. The maximum Gasteiger partial charge on any atom is 0.142 e. The van der Waals surface area contributed by atoms with Gasteiger partial charge in [-0.2, -0.15) is 0 Å². The molecule has 0 spiro atoms. The highest BCUT2D eigenvalue weighted by Crippen LogP contribution is 2.20. The molecule has 0 aliphatic heterocycles. The van der Waals surface area contributed by atoms with Crippen LogP contribution in [-0.2, 0) is 6.54 Å². The smallest absolute Gasteiger partial charge is 0.142 e. The van der Waals surface area contributed by atoms with Crippen LogP contribution in [0.3, 0.4) is 0 Å². The molecule has 0 fully saturated rings. The molecule has 0 radical (unpaired) electrons.